The molecule has 67 heavy (non-hydrogen) atoms. The predicted octanol–water partition coefficient (Wildman–Crippen LogP) is 13.2. The zero-order valence-corrected chi connectivity index (χ0v) is 37.0. The van der Waals surface area contributed by atoms with Gasteiger partial charge in [-0.2, -0.15) is 0 Å². The third kappa shape index (κ3) is 7.61. The van der Waals surface area contributed by atoms with Crippen LogP contribution in [0.15, 0.2) is 249 Å². The topological polar surface area (TPSA) is 40.9 Å². The van der Waals surface area contributed by atoms with Crippen molar-refractivity contribution in [2.24, 2.45) is 0 Å². The Morgan fingerprint density at radius 2 is 0.791 bits per heavy atom. The van der Waals surface area contributed by atoms with Crippen LogP contribution >= 0.6 is 0 Å². The van der Waals surface area contributed by atoms with Gasteiger partial charge in [-0.15, -0.1) is 5.75 Å². The molecule has 0 N–H and O–H groups in total. The van der Waals surface area contributed by atoms with Crippen molar-refractivity contribution in [3.05, 3.63) is 249 Å². The van der Waals surface area contributed by atoms with E-state index in [9.17, 15) is 5.11 Å². The number of rotatable bonds is 5. The van der Waals surface area contributed by atoms with Crippen molar-refractivity contribution in [3.63, 3.8) is 0 Å². The van der Waals surface area contributed by atoms with Crippen molar-refractivity contribution >= 4 is 64.9 Å². The van der Waals surface area contributed by atoms with E-state index in [-0.39, 0.29) is 24.6 Å². The van der Waals surface area contributed by atoms with Crippen LogP contribution < -0.4 is 24.0 Å². The maximum absolute atomic E-state index is 11.2. The molecule has 0 saturated heterocycles. The Labute approximate surface area is 401 Å². The molecule has 0 aliphatic rings. The van der Waals surface area contributed by atoms with Crippen LogP contribution in [0.5, 0.6) is 5.75 Å². The summed E-state index contributed by atoms with van der Waals surface area (Å²) in [6, 6.07) is 87.7. The summed E-state index contributed by atoms with van der Waals surface area (Å²) >= 11 is 0. The van der Waals surface area contributed by atoms with Crippen LogP contribution in [0.1, 0.15) is 0 Å². The molecular formula is C63H41LiN2O. The van der Waals surface area contributed by atoms with Gasteiger partial charge in [-0.1, -0.05) is 206 Å². The third-order valence-corrected chi connectivity index (χ3v) is 12.9. The molecule has 310 valence electrons. The fraction of sp³-hybridized carbons (Fsp3) is 0. The normalized spacial score (nSPS) is 11.2. The van der Waals surface area contributed by atoms with Crippen LogP contribution in [-0.4, -0.2) is 9.55 Å². The maximum atomic E-state index is 11.2. The maximum Gasteiger partial charge on any atom is 1.00 e. The van der Waals surface area contributed by atoms with Crippen molar-refractivity contribution in [2.75, 3.05) is 0 Å². The Morgan fingerprint density at radius 3 is 1.45 bits per heavy atom. The standard InChI is InChI=1S/C53H34N2.C10H8O.Li/c1-2-16-44(17-3-1)55-50-21-11-10-20-49(50)54-53(55)38-26-22-37(23-27-38)41-30-31-47-48(34-41)52(43-29-25-36-13-5-7-15-40(36)33-43)46-19-9-8-18-45(46)51(47)42-28-24-35-12-4-6-14-39(35)32-42;11-10-7-3-5-8-4-1-2-6-9(8)10;/h1-34H;1-7,11H;/q;;+1/p-1. The number of nitrogens with zero attached hydrogens (tertiary/aromatic N) is 2. The first kappa shape index (κ1) is 41.5. The summed E-state index contributed by atoms with van der Waals surface area (Å²) in [6.07, 6.45) is 0. The van der Waals surface area contributed by atoms with Crippen molar-refractivity contribution < 1.29 is 24.0 Å². The molecule has 1 aromatic heterocycles. The van der Waals surface area contributed by atoms with Crippen LogP contribution in [0.3, 0.4) is 0 Å². The van der Waals surface area contributed by atoms with E-state index in [1.54, 1.807) is 12.1 Å². The molecule has 0 atom stereocenters. The number of benzene rings is 12. The summed E-state index contributed by atoms with van der Waals surface area (Å²) in [5.74, 6) is 1.03. The molecule has 0 saturated carbocycles. The molecule has 13 aromatic rings. The summed E-state index contributed by atoms with van der Waals surface area (Å²) < 4.78 is 2.26. The average Bonchev–Trinajstić information content (AvgIpc) is 3.78. The van der Waals surface area contributed by atoms with Crippen LogP contribution in [0, 0.1) is 0 Å². The fourth-order valence-corrected chi connectivity index (χ4v) is 9.74. The van der Waals surface area contributed by atoms with E-state index < -0.39 is 0 Å². The second-order valence-corrected chi connectivity index (χ2v) is 16.8. The predicted molar refractivity (Wildman–Crippen MR) is 276 cm³/mol. The third-order valence-electron chi connectivity index (χ3n) is 12.9. The fourth-order valence-electron chi connectivity index (χ4n) is 9.74. The number of aromatic nitrogens is 2. The second kappa shape index (κ2) is 17.6. The molecule has 0 bridgehead atoms. The number of imidazole rings is 1. The summed E-state index contributed by atoms with van der Waals surface area (Å²) in [5.41, 5.74) is 11.6. The van der Waals surface area contributed by atoms with Crippen LogP contribution in [-0.2, 0) is 0 Å². The van der Waals surface area contributed by atoms with E-state index in [2.05, 4.69) is 211 Å². The van der Waals surface area contributed by atoms with Gasteiger partial charge in [0, 0.05) is 11.3 Å². The van der Waals surface area contributed by atoms with Gasteiger partial charge in [0.05, 0.1) is 11.0 Å². The van der Waals surface area contributed by atoms with E-state index in [0.717, 1.165) is 44.4 Å². The molecule has 0 spiro atoms. The van der Waals surface area contributed by atoms with Gasteiger partial charge < -0.3 is 5.11 Å². The number of para-hydroxylation sites is 3. The van der Waals surface area contributed by atoms with Crippen molar-refractivity contribution in [2.45, 2.75) is 0 Å². The van der Waals surface area contributed by atoms with Gasteiger partial charge in [-0.3, -0.25) is 4.57 Å². The first-order valence-electron chi connectivity index (χ1n) is 22.4. The van der Waals surface area contributed by atoms with Crippen LogP contribution in [0.4, 0.5) is 0 Å². The molecule has 4 heteroatoms. The van der Waals surface area contributed by atoms with Crippen molar-refractivity contribution in [1.82, 2.24) is 9.55 Å². The van der Waals surface area contributed by atoms with Crippen molar-refractivity contribution in [1.29, 1.82) is 0 Å². The van der Waals surface area contributed by atoms with Gasteiger partial charge in [0.25, 0.3) is 0 Å². The quantitative estimate of drug-likeness (QED) is 0.128. The number of hydrogen-bond donors (Lipinski definition) is 0. The molecule has 0 aliphatic heterocycles. The van der Waals surface area contributed by atoms with Gasteiger partial charge in [-0.25, -0.2) is 4.98 Å². The van der Waals surface area contributed by atoms with Gasteiger partial charge >= 0.3 is 18.9 Å². The SMILES string of the molecule is [Li+].[O-]c1cccc2ccccc12.c1ccc(-n2c(-c3ccc(-c4ccc5c(-c6ccc7ccccc7c6)c6ccccc6c(-c6ccc7ccccc7c6)c5c4)cc3)nc3ccccc32)cc1. The Hall–Kier alpha value is -8.19. The Morgan fingerprint density at radius 1 is 0.313 bits per heavy atom. The van der Waals surface area contributed by atoms with E-state index in [1.807, 2.05) is 30.3 Å². The first-order valence-corrected chi connectivity index (χ1v) is 22.4. The monoisotopic (exact) mass is 848 g/mol. The molecule has 12 aromatic carbocycles. The molecule has 0 fully saturated rings. The minimum Gasteiger partial charge on any atom is -0.872 e. The van der Waals surface area contributed by atoms with Gasteiger partial charge in [-0.05, 0) is 130 Å². The zero-order chi connectivity index (χ0) is 44.0. The first-order chi connectivity index (χ1) is 32.6. The van der Waals surface area contributed by atoms with E-state index in [1.165, 1.54) is 70.9 Å². The van der Waals surface area contributed by atoms with Crippen LogP contribution in [0.2, 0.25) is 0 Å². The summed E-state index contributed by atoms with van der Waals surface area (Å²) in [4.78, 5) is 5.12. The number of fused-ring (bicyclic) bond motifs is 6. The Bertz CT molecular complexity index is 3940. The van der Waals surface area contributed by atoms with Gasteiger partial charge in [0.1, 0.15) is 5.82 Å². The Balaban J connectivity index is 0.000000361. The summed E-state index contributed by atoms with van der Waals surface area (Å²) in [5, 5.41) is 23.0. The number of hydrogen-bond acceptors (Lipinski definition) is 2. The summed E-state index contributed by atoms with van der Waals surface area (Å²) in [7, 11) is 0. The molecule has 0 radical (unpaired) electrons. The second-order valence-electron chi connectivity index (χ2n) is 16.8. The largest absolute Gasteiger partial charge is 1.00 e. The Kier molecular flexibility index (Phi) is 10.9. The molecule has 0 amide bonds. The van der Waals surface area contributed by atoms with E-state index in [4.69, 9.17) is 4.98 Å². The van der Waals surface area contributed by atoms with Crippen LogP contribution in [0.25, 0.3) is 115 Å². The molecular weight excluding hydrogens is 808 g/mol. The average molecular weight is 849 g/mol. The van der Waals surface area contributed by atoms with Crippen molar-refractivity contribution in [3.8, 4) is 56.2 Å². The zero-order valence-electron chi connectivity index (χ0n) is 37.0. The molecule has 0 unspecified atom stereocenters. The van der Waals surface area contributed by atoms with Gasteiger partial charge in [0.2, 0.25) is 0 Å². The summed E-state index contributed by atoms with van der Waals surface area (Å²) in [6.45, 7) is 0. The minimum absolute atomic E-state index is 0. The smallest absolute Gasteiger partial charge is 0.872 e. The molecule has 13 rings (SSSR count). The van der Waals surface area contributed by atoms with E-state index >= 15 is 0 Å². The molecule has 0 aliphatic carbocycles. The minimum atomic E-state index is 0. The van der Waals surface area contributed by atoms with Gasteiger partial charge in [0.15, 0.2) is 0 Å². The van der Waals surface area contributed by atoms with E-state index in [0.29, 0.717) is 0 Å². The molecule has 3 nitrogen and oxygen atoms in total. The molecule has 1 heterocycles.